The van der Waals surface area contributed by atoms with E-state index in [9.17, 15) is 10.2 Å². The van der Waals surface area contributed by atoms with Crippen LogP contribution in [0.5, 0.6) is 0 Å². The van der Waals surface area contributed by atoms with Gasteiger partial charge in [0.25, 0.3) is 0 Å². The van der Waals surface area contributed by atoms with Gasteiger partial charge in [-0.3, -0.25) is 4.90 Å². The summed E-state index contributed by atoms with van der Waals surface area (Å²) in [5.74, 6) is 1.40. The normalized spacial score (nSPS) is 38.9. The van der Waals surface area contributed by atoms with Crippen molar-refractivity contribution in [1.82, 2.24) is 10.2 Å². The van der Waals surface area contributed by atoms with Gasteiger partial charge in [-0.2, -0.15) is 0 Å². The van der Waals surface area contributed by atoms with Gasteiger partial charge in [-0.15, -0.1) is 0 Å². The third kappa shape index (κ3) is 4.41. The van der Waals surface area contributed by atoms with Crippen LogP contribution in [0.25, 0.3) is 0 Å². The third-order valence-corrected chi connectivity index (χ3v) is 5.50. The number of likely N-dealkylation sites (tertiary alicyclic amines) is 1. The SMILES string of the molecule is CCNC1CCC(C(C)(C)C)CC1CN1CC(O)C(O)C1. The zero-order valence-corrected chi connectivity index (χ0v) is 14.2. The molecular formula is C17H34N2O2. The van der Waals surface area contributed by atoms with Crippen molar-refractivity contribution in [3.63, 3.8) is 0 Å². The lowest BCUT2D eigenvalue weighted by atomic mass is 9.67. The quantitative estimate of drug-likeness (QED) is 0.735. The van der Waals surface area contributed by atoms with E-state index in [0.29, 0.717) is 30.5 Å². The summed E-state index contributed by atoms with van der Waals surface area (Å²) in [5, 5.41) is 23.1. The van der Waals surface area contributed by atoms with Crippen molar-refractivity contribution >= 4 is 0 Å². The Morgan fingerprint density at radius 1 is 1.10 bits per heavy atom. The van der Waals surface area contributed by atoms with Gasteiger partial charge in [0.2, 0.25) is 0 Å². The Hall–Kier alpha value is -0.160. The van der Waals surface area contributed by atoms with E-state index in [0.717, 1.165) is 19.0 Å². The fraction of sp³-hybridized carbons (Fsp3) is 1.00. The summed E-state index contributed by atoms with van der Waals surface area (Å²) in [6.07, 6.45) is 2.68. The molecule has 1 saturated heterocycles. The molecule has 4 heteroatoms. The van der Waals surface area contributed by atoms with Crippen LogP contribution in [0.15, 0.2) is 0 Å². The standard InChI is InChI=1S/C17H34N2O2/c1-5-18-14-7-6-13(17(2,3)4)8-12(14)9-19-10-15(20)16(21)11-19/h12-16,18,20-21H,5-11H2,1-4H3. The average molecular weight is 298 g/mol. The van der Waals surface area contributed by atoms with E-state index >= 15 is 0 Å². The third-order valence-electron chi connectivity index (χ3n) is 5.50. The molecule has 3 N–H and O–H groups in total. The summed E-state index contributed by atoms with van der Waals surface area (Å²) >= 11 is 0. The minimum Gasteiger partial charge on any atom is -0.389 e. The van der Waals surface area contributed by atoms with Gasteiger partial charge in [0.15, 0.2) is 0 Å². The van der Waals surface area contributed by atoms with Crippen LogP contribution >= 0.6 is 0 Å². The second-order valence-electron chi connectivity index (χ2n) is 8.15. The number of nitrogens with one attached hydrogen (secondary N) is 1. The Kier molecular flexibility index (Phi) is 5.69. The molecule has 2 aliphatic rings. The molecule has 2 fully saturated rings. The van der Waals surface area contributed by atoms with E-state index in [-0.39, 0.29) is 0 Å². The Balaban J connectivity index is 1.97. The number of aliphatic hydroxyl groups excluding tert-OH is 2. The highest BCUT2D eigenvalue weighted by Crippen LogP contribution is 2.40. The first-order valence-corrected chi connectivity index (χ1v) is 8.63. The molecule has 1 aliphatic carbocycles. The molecule has 1 saturated carbocycles. The van der Waals surface area contributed by atoms with Crippen LogP contribution in [0.3, 0.4) is 0 Å². The highest BCUT2D eigenvalue weighted by Gasteiger charge is 2.38. The van der Waals surface area contributed by atoms with Crippen molar-refractivity contribution in [3.05, 3.63) is 0 Å². The summed E-state index contributed by atoms with van der Waals surface area (Å²) < 4.78 is 0. The monoisotopic (exact) mass is 298 g/mol. The number of hydrogen-bond donors (Lipinski definition) is 3. The fourth-order valence-electron chi connectivity index (χ4n) is 4.11. The summed E-state index contributed by atoms with van der Waals surface area (Å²) in [6.45, 7) is 12.5. The van der Waals surface area contributed by atoms with Crippen LogP contribution in [0, 0.1) is 17.3 Å². The molecule has 21 heavy (non-hydrogen) atoms. The van der Waals surface area contributed by atoms with E-state index in [1.807, 2.05) is 0 Å². The van der Waals surface area contributed by atoms with Crippen molar-refractivity contribution in [1.29, 1.82) is 0 Å². The smallest absolute Gasteiger partial charge is 0.0938 e. The first-order valence-electron chi connectivity index (χ1n) is 8.63. The fourth-order valence-corrected chi connectivity index (χ4v) is 4.11. The highest BCUT2D eigenvalue weighted by atomic mass is 16.3. The molecule has 0 spiro atoms. The Bertz CT molecular complexity index is 319. The number of rotatable bonds is 4. The van der Waals surface area contributed by atoms with E-state index in [4.69, 9.17) is 0 Å². The van der Waals surface area contributed by atoms with Gasteiger partial charge in [-0.25, -0.2) is 0 Å². The van der Waals surface area contributed by atoms with Crippen LogP contribution in [-0.2, 0) is 0 Å². The zero-order valence-electron chi connectivity index (χ0n) is 14.2. The van der Waals surface area contributed by atoms with E-state index < -0.39 is 12.2 Å². The van der Waals surface area contributed by atoms with Crippen molar-refractivity contribution in [2.45, 2.75) is 65.2 Å². The van der Waals surface area contributed by atoms with Crippen LogP contribution in [0.2, 0.25) is 0 Å². The van der Waals surface area contributed by atoms with Gasteiger partial charge >= 0.3 is 0 Å². The predicted octanol–water partition coefficient (Wildman–Crippen LogP) is 1.46. The Labute approximate surface area is 129 Å². The molecule has 1 aliphatic heterocycles. The van der Waals surface area contributed by atoms with Gasteiger partial charge in [-0.05, 0) is 43.1 Å². The molecule has 0 aromatic rings. The van der Waals surface area contributed by atoms with Gasteiger partial charge < -0.3 is 15.5 Å². The molecular weight excluding hydrogens is 264 g/mol. The number of aliphatic hydroxyl groups is 2. The number of nitrogens with zero attached hydrogens (tertiary/aromatic N) is 1. The largest absolute Gasteiger partial charge is 0.389 e. The van der Waals surface area contributed by atoms with E-state index in [1.165, 1.54) is 19.3 Å². The van der Waals surface area contributed by atoms with Crippen LogP contribution in [0.4, 0.5) is 0 Å². The lowest BCUT2D eigenvalue weighted by Gasteiger charge is -2.43. The summed E-state index contributed by atoms with van der Waals surface area (Å²) in [4.78, 5) is 2.25. The van der Waals surface area contributed by atoms with Crippen LogP contribution < -0.4 is 5.32 Å². The highest BCUT2D eigenvalue weighted by molar-refractivity contribution is 4.92. The van der Waals surface area contributed by atoms with Gasteiger partial charge in [0.1, 0.15) is 0 Å². The molecule has 0 radical (unpaired) electrons. The van der Waals surface area contributed by atoms with Crippen molar-refractivity contribution in [2.75, 3.05) is 26.2 Å². The average Bonchev–Trinajstić information content (AvgIpc) is 2.69. The van der Waals surface area contributed by atoms with Crippen LogP contribution in [-0.4, -0.2) is 59.5 Å². The number of β-amino-alcohol motifs (C(OH)–C–C–N with tert-alkyl or cyclic N) is 2. The minimum absolute atomic E-state index is 0.374. The lowest BCUT2D eigenvalue weighted by Crippen LogP contribution is -2.47. The molecule has 0 aromatic carbocycles. The predicted molar refractivity (Wildman–Crippen MR) is 86.2 cm³/mol. The summed E-state index contributed by atoms with van der Waals surface area (Å²) in [5.41, 5.74) is 0.374. The van der Waals surface area contributed by atoms with Crippen molar-refractivity contribution in [2.24, 2.45) is 17.3 Å². The summed E-state index contributed by atoms with van der Waals surface area (Å²) in [6, 6.07) is 0.587. The van der Waals surface area contributed by atoms with E-state index in [1.54, 1.807) is 0 Å². The number of hydrogen-bond acceptors (Lipinski definition) is 4. The maximum Gasteiger partial charge on any atom is 0.0938 e. The molecule has 1 heterocycles. The first kappa shape index (κ1) is 17.2. The second-order valence-corrected chi connectivity index (χ2v) is 8.15. The topological polar surface area (TPSA) is 55.7 Å². The molecule has 2 rings (SSSR count). The Morgan fingerprint density at radius 2 is 1.71 bits per heavy atom. The molecule has 124 valence electrons. The zero-order chi connectivity index (χ0) is 15.6. The van der Waals surface area contributed by atoms with Crippen LogP contribution in [0.1, 0.15) is 47.0 Å². The maximum absolute atomic E-state index is 9.74. The molecule has 0 aromatic heterocycles. The Morgan fingerprint density at radius 3 is 2.24 bits per heavy atom. The van der Waals surface area contributed by atoms with Gasteiger partial charge in [-0.1, -0.05) is 27.7 Å². The van der Waals surface area contributed by atoms with Crippen molar-refractivity contribution < 1.29 is 10.2 Å². The molecule has 0 bridgehead atoms. The summed E-state index contributed by atoms with van der Waals surface area (Å²) in [7, 11) is 0. The molecule has 5 unspecified atom stereocenters. The van der Waals surface area contributed by atoms with Gasteiger partial charge in [0, 0.05) is 25.7 Å². The lowest BCUT2D eigenvalue weighted by molar-refractivity contribution is 0.0572. The van der Waals surface area contributed by atoms with Crippen molar-refractivity contribution in [3.8, 4) is 0 Å². The van der Waals surface area contributed by atoms with E-state index in [2.05, 4.69) is 37.9 Å². The molecule has 5 atom stereocenters. The minimum atomic E-state index is -0.565. The van der Waals surface area contributed by atoms with Gasteiger partial charge in [0.05, 0.1) is 12.2 Å². The maximum atomic E-state index is 9.74. The second kappa shape index (κ2) is 6.95. The first-order chi connectivity index (χ1) is 9.81. The molecule has 0 amide bonds. The molecule has 4 nitrogen and oxygen atoms in total.